The minimum Gasteiger partial charge on any atom is -0.452 e. The van der Waals surface area contributed by atoms with E-state index in [0.29, 0.717) is 0 Å². The van der Waals surface area contributed by atoms with Gasteiger partial charge in [-0.05, 0) is 54.6 Å². The number of benzene rings is 3. The molecule has 3 aromatic rings. The molecular formula is C23H13ClFN3O7. The molecule has 0 aromatic heterocycles. The largest absolute Gasteiger partial charge is 0.452 e. The van der Waals surface area contributed by atoms with Crippen LogP contribution in [0.2, 0.25) is 5.02 Å². The summed E-state index contributed by atoms with van der Waals surface area (Å²) in [6, 6.07) is 12.1. The maximum atomic E-state index is 13.2. The zero-order valence-electron chi connectivity index (χ0n) is 17.5. The lowest BCUT2D eigenvalue weighted by molar-refractivity contribution is -0.384. The number of halogens is 2. The van der Waals surface area contributed by atoms with Crippen LogP contribution in [0, 0.1) is 15.9 Å². The molecule has 1 aliphatic heterocycles. The maximum Gasteiger partial charge on any atom is 0.338 e. The Labute approximate surface area is 201 Å². The number of esters is 1. The zero-order valence-corrected chi connectivity index (χ0v) is 18.2. The first-order valence-corrected chi connectivity index (χ1v) is 10.2. The number of amides is 3. The minimum absolute atomic E-state index is 0.0494. The summed E-state index contributed by atoms with van der Waals surface area (Å²) in [6.07, 6.45) is 0. The van der Waals surface area contributed by atoms with Crippen molar-refractivity contribution in [2.24, 2.45) is 0 Å². The van der Waals surface area contributed by atoms with Crippen LogP contribution in [0.25, 0.3) is 0 Å². The summed E-state index contributed by atoms with van der Waals surface area (Å²) in [7, 11) is 0. The highest BCUT2D eigenvalue weighted by atomic mass is 35.5. The van der Waals surface area contributed by atoms with Crippen molar-refractivity contribution in [3.8, 4) is 0 Å². The fraction of sp³-hybridized carbons (Fsp3) is 0.0435. The molecule has 176 valence electrons. The number of rotatable bonds is 6. The van der Waals surface area contributed by atoms with Crippen LogP contribution in [0.3, 0.4) is 0 Å². The van der Waals surface area contributed by atoms with Gasteiger partial charge in [-0.25, -0.2) is 14.1 Å². The number of carbonyl (C=O) groups excluding carboxylic acids is 4. The summed E-state index contributed by atoms with van der Waals surface area (Å²) in [6.45, 7) is -0.721. The number of carbonyl (C=O) groups is 4. The average Bonchev–Trinajstić information content (AvgIpc) is 3.08. The molecule has 0 unspecified atom stereocenters. The van der Waals surface area contributed by atoms with Crippen LogP contribution in [0.15, 0.2) is 60.7 Å². The third-order valence-corrected chi connectivity index (χ3v) is 5.29. The Morgan fingerprint density at radius 3 is 2.37 bits per heavy atom. The van der Waals surface area contributed by atoms with Gasteiger partial charge in [-0.15, -0.1) is 0 Å². The monoisotopic (exact) mass is 497 g/mol. The Kier molecular flexibility index (Phi) is 6.26. The number of nitro groups is 1. The van der Waals surface area contributed by atoms with Crippen molar-refractivity contribution in [1.29, 1.82) is 0 Å². The molecule has 4 rings (SSSR count). The number of nitrogens with zero attached hydrogens (tertiary/aromatic N) is 2. The van der Waals surface area contributed by atoms with Gasteiger partial charge in [0, 0.05) is 11.8 Å². The molecule has 1 N–H and O–H groups in total. The molecule has 0 fully saturated rings. The second-order valence-electron chi connectivity index (χ2n) is 7.23. The topological polar surface area (TPSA) is 136 Å². The van der Waals surface area contributed by atoms with Crippen LogP contribution in [-0.4, -0.2) is 35.2 Å². The molecule has 0 bridgehead atoms. The first kappa shape index (κ1) is 23.5. The van der Waals surface area contributed by atoms with Crippen molar-refractivity contribution >= 4 is 52.4 Å². The van der Waals surface area contributed by atoms with Crippen molar-refractivity contribution in [1.82, 2.24) is 0 Å². The van der Waals surface area contributed by atoms with E-state index < -0.39 is 46.7 Å². The van der Waals surface area contributed by atoms with Crippen LogP contribution in [0.4, 0.5) is 21.5 Å². The number of nitrogens with one attached hydrogen (secondary N) is 1. The molecule has 35 heavy (non-hydrogen) atoms. The van der Waals surface area contributed by atoms with E-state index in [9.17, 15) is 33.7 Å². The van der Waals surface area contributed by atoms with Crippen LogP contribution in [-0.2, 0) is 9.53 Å². The molecule has 0 saturated carbocycles. The standard InChI is InChI=1S/C23H13ClFN3O7/c24-18-8-4-14(10-19(18)28(33)34)26-20(29)11-35-23(32)12-1-7-16-17(9-12)22(31)27(21(16)30)15-5-2-13(25)3-6-15/h1-10H,11H2,(H,26,29). The minimum atomic E-state index is -0.939. The molecule has 1 aliphatic rings. The number of ether oxygens (including phenoxy) is 1. The van der Waals surface area contributed by atoms with Crippen LogP contribution < -0.4 is 10.2 Å². The number of imide groups is 1. The van der Waals surface area contributed by atoms with Crippen molar-refractivity contribution < 1.29 is 33.2 Å². The van der Waals surface area contributed by atoms with Crippen molar-refractivity contribution in [2.75, 3.05) is 16.8 Å². The Hall–Kier alpha value is -4.64. The number of nitro benzene ring substituents is 1. The third-order valence-electron chi connectivity index (χ3n) is 4.97. The maximum absolute atomic E-state index is 13.2. The van der Waals surface area contributed by atoms with Gasteiger partial charge in [0.25, 0.3) is 23.4 Å². The molecule has 0 atom stereocenters. The molecule has 10 nitrogen and oxygen atoms in total. The van der Waals surface area contributed by atoms with Gasteiger partial charge in [0.2, 0.25) is 0 Å². The van der Waals surface area contributed by atoms with Crippen LogP contribution in [0.1, 0.15) is 31.1 Å². The fourth-order valence-corrected chi connectivity index (χ4v) is 3.52. The van der Waals surface area contributed by atoms with E-state index in [1.54, 1.807) is 0 Å². The molecule has 1 heterocycles. The van der Waals surface area contributed by atoms with E-state index in [4.69, 9.17) is 16.3 Å². The zero-order chi connectivity index (χ0) is 25.3. The van der Waals surface area contributed by atoms with Crippen molar-refractivity contribution in [2.45, 2.75) is 0 Å². The SMILES string of the molecule is O=C(COC(=O)c1ccc2c(c1)C(=O)N(c1ccc(F)cc1)C2=O)Nc1ccc(Cl)c([N+](=O)[O-])c1. The van der Waals surface area contributed by atoms with Gasteiger partial charge in [-0.3, -0.25) is 24.5 Å². The van der Waals surface area contributed by atoms with Gasteiger partial charge in [0.1, 0.15) is 10.8 Å². The Morgan fingerprint density at radius 2 is 1.69 bits per heavy atom. The summed E-state index contributed by atoms with van der Waals surface area (Å²) in [5.74, 6) is -3.58. The Balaban J connectivity index is 1.43. The first-order chi connectivity index (χ1) is 16.7. The highest BCUT2D eigenvalue weighted by Crippen LogP contribution is 2.30. The van der Waals surface area contributed by atoms with E-state index in [2.05, 4.69) is 5.32 Å². The lowest BCUT2D eigenvalue weighted by Crippen LogP contribution is -2.29. The highest BCUT2D eigenvalue weighted by molar-refractivity contribution is 6.34. The molecule has 0 saturated heterocycles. The molecule has 3 aromatic carbocycles. The number of hydrogen-bond acceptors (Lipinski definition) is 7. The first-order valence-electron chi connectivity index (χ1n) is 9.85. The molecular weight excluding hydrogens is 485 g/mol. The van der Waals surface area contributed by atoms with E-state index in [1.807, 2.05) is 0 Å². The quantitative estimate of drug-likeness (QED) is 0.235. The lowest BCUT2D eigenvalue weighted by atomic mass is 10.1. The van der Waals surface area contributed by atoms with E-state index in [0.717, 1.165) is 23.1 Å². The van der Waals surface area contributed by atoms with Gasteiger partial charge in [-0.1, -0.05) is 11.6 Å². The van der Waals surface area contributed by atoms with Gasteiger partial charge >= 0.3 is 5.97 Å². The Bertz CT molecular complexity index is 1410. The van der Waals surface area contributed by atoms with Crippen molar-refractivity contribution in [3.63, 3.8) is 0 Å². The van der Waals surface area contributed by atoms with Crippen molar-refractivity contribution in [3.05, 3.63) is 98.3 Å². The van der Waals surface area contributed by atoms with Gasteiger partial charge in [0.05, 0.1) is 27.3 Å². The number of hydrogen-bond donors (Lipinski definition) is 1. The molecule has 3 amide bonds. The second-order valence-corrected chi connectivity index (χ2v) is 7.64. The smallest absolute Gasteiger partial charge is 0.338 e. The van der Waals surface area contributed by atoms with Gasteiger partial charge in [-0.2, -0.15) is 0 Å². The Morgan fingerprint density at radius 1 is 1.00 bits per heavy atom. The van der Waals surface area contributed by atoms with Crippen LogP contribution in [0.5, 0.6) is 0 Å². The van der Waals surface area contributed by atoms with Crippen LogP contribution >= 0.6 is 11.6 Å². The molecule has 0 spiro atoms. The predicted octanol–water partition coefficient (Wildman–Crippen LogP) is 3.98. The molecule has 0 aliphatic carbocycles. The van der Waals surface area contributed by atoms with E-state index >= 15 is 0 Å². The summed E-state index contributed by atoms with van der Waals surface area (Å²) in [4.78, 5) is 61.0. The molecule has 12 heteroatoms. The predicted molar refractivity (Wildman–Crippen MR) is 121 cm³/mol. The van der Waals surface area contributed by atoms with E-state index in [1.165, 1.54) is 42.5 Å². The number of fused-ring (bicyclic) bond motifs is 1. The highest BCUT2D eigenvalue weighted by Gasteiger charge is 2.37. The van der Waals surface area contributed by atoms with Gasteiger partial charge in [0.15, 0.2) is 6.61 Å². The average molecular weight is 498 g/mol. The third kappa shape index (κ3) is 4.70. The summed E-state index contributed by atoms with van der Waals surface area (Å²) < 4.78 is 18.1. The fourth-order valence-electron chi connectivity index (χ4n) is 3.33. The normalized spacial score (nSPS) is 12.3. The molecule has 0 radical (unpaired) electrons. The van der Waals surface area contributed by atoms with E-state index in [-0.39, 0.29) is 33.1 Å². The van der Waals surface area contributed by atoms with Gasteiger partial charge < -0.3 is 10.1 Å². The summed E-state index contributed by atoms with van der Waals surface area (Å²) in [5, 5.41) is 13.2. The number of anilines is 2. The summed E-state index contributed by atoms with van der Waals surface area (Å²) in [5.41, 5.74) is -0.246. The second kappa shape index (κ2) is 9.31. The lowest BCUT2D eigenvalue weighted by Gasteiger charge is -2.13. The summed E-state index contributed by atoms with van der Waals surface area (Å²) >= 11 is 5.72.